The first-order valence-corrected chi connectivity index (χ1v) is 8.36. The Kier molecular flexibility index (Phi) is 8.40. The molecule has 1 fully saturated rings. The van der Waals surface area contributed by atoms with Gasteiger partial charge in [-0.1, -0.05) is 33.1 Å². The van der Waals surface area contributed by atoms with Crippen molar-refractivity contribution in [3.8, 4) is 0 Å². The molecular formula is C17H30O4. The molecule has 1 aliphatic carbocycles. The van der Waals surface area contributed by atoms with Crippen molar-refractivity contribution in [3.63, 3.8) is 0 Å². The first-order valence-electron chi connectivity index (χ1n) is 8.36. The molecule has 1 rings (SSSR count). The molecule has 1 atom stereocenters. The van der Waals surface area contributed by atoms with Gasteiger partial charge in [0, 0.05) is 0 Å². The van der Waals surface area contributed by atoms with Crippen molar-refractivity contribution in [2.75, 3.05) is 13.7 Å². The van der Waals surface area contributed by atoms with E-state index in [4.69, 9.17) is 9.47 Å². The minimum absolute atomic E-state index is 0.0328. The van der Waals surface area contributed by atoms with E-state index in [0.29, 0.717) is 12.5 Å². The summed E-state index contributed by atoms with van der Waals surface area (Å²) in [7, 11) is 1.42. The third-order valence-corrected chi connectivity index (χ3v) is 4.60. The predicted molar refractivity (Wildman–Crippen MR) is 81.7 cm³/mol. The standard InChI is InChI=1S/C17H30O4/c1-4-6-7-13(5-2)12-21-17(19)15-10-8-14(9-11-15)16(18)20-3/h13-15H,4-12H2,1-3H3. The Morgan fingerprint density at radius 2 is 1.62 bits per heavy atom. The van der Waals surface area contributed by atoms with E-state index in [1.807, 2.05) is 0 Å². The Morgan fingerprint density at radius 3 is 2.10 bits per heavy atom. The highest BCUT2D eigenvalue weighted by molar-refractivity contribution is 5.75. The molecule has 4 nitrogen and oxygen atoms in total. The van der Waals surface area contributed by atoms with Gasteiger partial charge in [0.25, 0.3) is 0 Å². The molecule has 0 saturated heterocycles. The molecule has 0 heterocycles. The van der Waals surface area contributed by atoms with Gasteiger partial charge in [0.05, 0.1) is 25.6 Å². The normalized spacial score (nSPS) is 23.4. The number of hydrogen-bond donors (Lipinski definition) is 0. The molecule has 1 unspecified atom stereocenters. The van der Waals surface area contributed by atoms with E-state index < -0.39 is 0 Å². The van der Waals surface area contributed by atoms with Crippen molar-refractivity contribution in [1.29, 1.82) is 0 Å². The number of carbonyl (C=O) groups is 2. The first kappa shape index (κ1) is 18.0. The van der Waals surface area contributed by atoms with Crippen molar-refractivity contribution in [2.45, 2.75) is 65.2 Å². The topological polar surface area (TPSA) is 52.6 Å². The van der Waals surface area contributed by atoms with E-state index in [0.717, 1.165) is 38.5 Å². The molecule has 0 aromatic heterocycles. The summed E-state index contributed by atoms with van der Waals surface area (Å²) >= 11 is 0. The van der Waals surface area contributed by atoms with E-state index in [-0.39, 0.29) is 23.8 Å². The Hall–Kier alpha value is -1.06. The molecule has 0 N–H and O–H groups in total. The summed E-state index contributed by atoms with van der Waals surface area (Å²) in [6.07, 6.45) is 7.52. The van der Waals surface area contributed by atoms with Crippen molar-refractivity contribution in [2.24, 2.45) is 17.8 Å². The maximum Gasteiger partial charge on any atom is 0.308 e. The first-order chi connectivity index (χ1) is 10.1. The van der Waals surface area contributed by atoms with Crippen LogP contribution in [0.1, 0.15) is 65.2 Å². The largest absolute Gasteiger partial charge is 0.469 e. The summed E-state index contributed by atoms with van der Waals surface area (Å²) in [4.78, 5) is 23.6. The van der Waals surface area contributed by atoms with E-state index in [2.05, 4.69) is 13.8 Å². The number of hydrogen-bond acceptors (Lipinski definition) is 4. The molecular weight excluding hydrogens is 268 g/mol. The van der Waals surface area contributed by atoms with Crippen LogP contribution in [0.4, 0.5) is 0 Å². The number of unbranched alkanes of at least 4 members (excludes halogenated alkanes) is 1. The molecule has 0 aromatic rings. The maximum atomic E-state index is 12.1. The van der Waals surface area contributed by atoms with Gasteiger partial charge in [-0.05, 0) is 38.0 Å². The fourth-order valence-electron chi connectivity index (χ4n) is 2.95. The van der Waals surface area contributed by atoms with Crippen LogP contribution in [-0.2, 0) is 19.1 Å². The summed E-state index contributed by atoms with van der Waals surface area (Å²) in [5.74, 6) is 0.197. The lowest BCUT2D eigenvalue weighted by Gasteiger charge is -2.26. The monoisotopic (exact) mass is 298 g/mol. The van der Waals surface area contributed by atoms with Crippen LogP contribution < -0.4 is 0 Å². The van der Waals surface area contributed by atoms with Gasteiger partial charge < -0.3 is 9.47 Å². The lowest BCUT2D eigenvalue weighted by atomic mass is 9.82. The zero-order valence-corrected chi connectivity index (χ0v) is 13.7. The minimum atomic E-state index is -0.146. The quantitative estimate of drug-likeness (QED) is 0.641. The molecule has 4 heteroatoms. The number of rotatable bonds is 8. The van der Waals surface area contributed by atoms with Crippen LogP contribution in [0.3, 0.4) is 0 Å². The zero-order valence-electron chi connectivity index (χ0n) is 13.7. The van der Waals surface area contributed by atoms with Crippen LogP contribution in [0.5, 0.6) is 0 Å². The minimum Gasteiger partial charge on any atom is -0.469 e. The summed E-state index contributed by atoms with van der Waals surface area (Å²) in [6, 6.07) is 0. The average molecular weight is 298 g/mol. The molecule has 0 bridgehead atoms. The van der Waals surface area contributed by atoms with Crippen LogP contribution in [0.15, 0.2) is 0 Å². The Morgan fingerprint density at radius 1 is 1.05 bits per heavy atom. The molecule has 122 valence electrons. The zero-order chi connectivity index (χ0) is 15.7. The number of carbonyl (C=O) groups excluding carboxylic acids is 2. The van der Waals surface area contributed by atoms with Gasteiger partial charge in [0.1, 0.15) is 0 Å². The molecule has 0 aromatic carbocycles. The highest BCUT2D eigenvalue weighted by Gasteiger charge is 2.31. The van der Waals surface area contributed by atoms with Crippen molar-refractivity contribution in [1.82, 2.24) is 0 Å². The molecule has 0 spiro atoms. The predicted octanol–water partition coefficient (Wildman–Crippen LogP) is 3.73. The van der Waals surface area contributed by atoms with Gasteiger partial charge >= 0.3 is 11.9 Å². The summed E-state index contributed by atoms with van der Waals surface area (Å²) in [5.41, 5.74) is 0. The fraction of sp³-hybridized carbons (Fsp3) is 0.882. The molecule has 1 aliphatic rings. The van der Waals surface area contributed by atoms with E-state index >= 15 is 0 Å². The van der Waals surface area contributed by atoms with Crippen LogP contribution >= 0.6 is 0 Å². The maximum absolute atomic E-state index is 12.1. The van der Waals surface area contributed by atoms with Gasteiger partial charge in [-0.25, -0.2) is 0 Å². The van der Waals surface area contributed by atoms with Gasteiger partial charge in [-0.3, -0.25) is 9.59 Å². The second-order valence-electron chi connectivity index (χ2n) is 6.12. The highest BCUT2D eigenvalue weighted by Crippen LogP contribution is 2.30. The summed E-state index contributed by atoms with van der Waals surface area (Å²) < 4.78 is 10.3. The molecule has 21 heavy (non-hydrogen) atoms. The van der Waals surface area contributed by atoms with Gasteiger partial charge in [0.2, 0.25) is 0 Å². The molecule has 0 amide bonds. The number of methoxy groups -OCH3 is 1. The van der Waals surface area contributed by atoms with Crippen LogP contribution in [0.2, 0.25) is 0 Å². The van der Waals surface area contributed by atoms with Crippen LogP contribution in [0, 0.1) is 17.8 Å². The number of ether oxygens (including phenoxy) is 2. The van der Waals surface area contributed by atoms with Crippen LogP contribution in [0.25, 0.3) is 0 Å². The van der Waals surface area contributed by atoms with Gasteiger partial charge in [-0.2, -0.15) is 0 Å². The lowest BCUT2D eigenvalue weighted by molar-refractivity contribution is -0.154. The van der Waals surface area contributed by atoms with Crippen molar-refractivity contribution < 1.29 is 19.1 Å². The summed E-state index contributed by atoms with van der Waals surface area (Å²) in [6.45, 7) is 4.88. The van der Waals surface area contributed by atoms with E-state index in [1.165, 1.54) is 20.0 Å². The van der Waals surface area contributed by atoms with E-state index in [9.17, 15) is 9.59 Å². The van der Waals surface area contributed by atoms with Gasteiger partial charge in [0.15, 0.2) is 0 Å². The fourth-order valence-corrected chi connectivity index (χ4v) is 2.95. The Labute approximate surface area is 128 Å². The van der Waals surface area contributed by atoms with E-state index in [1.54, 1.807) is 0 Å². The van der Waals surface area contributed by atoms with Crippen molar-refractivity contribution >= 4 is 11.9 Å². The lowest BCUT2D eigenvalue weighted by Crippen LogP contribution is -2.28. The molecule has 0 radical (unpaired) electrons. The Balaban J connectivity index is 2.28. The molecule has 1 saturated carbocycles. The highest BCUT2D eigenvalue weighted by atomic mass is 16.5. The third kappa shape index (κ3) is 6.06. The smallest absolute Gasteiger partial charge is 0.308 e. The SMILES string of the molecule is CCCCC(CC)COC(=O)C1CCC(C(=O)OC)CC1. The summed E-state index contributed by atoms with van der Waals surface area (Å²) in [5, 5.41) is 0. The van der Waals surface area contributed by atoms with Gasteiger partial charge in [-0.15, -0.1) is 0 Å². The van der Waals surface area contributed by atoms with Crippen molar-refractivity contribution in [3.05, 3.63) is 0 Å². The average Bonchev–Trinajstić information content (AvgIpc) is 2.54. The second-order valence-corrected chi connectivity index (χ2v) is 6.12. The number of esters is 2. The molecule has 0 aliphatic heterocycles. The second kappa shape index (κ2) is 9.80. The third-order valence-electron chi connectivity index (χ3n) is 4.60. The van der Waals surface area contributed by atoms with Crippen LogP contribution in [-0.4, -0.2) is 25.7 Å². The Bertz CT molecular complexity index is 319.